The van der Waals surface area contributed by atoms with Gasteiger partial charge in [-0.05, 0) is 59.9 Å². The zero-order valence-electron chi connectivity index (χ0n) is 18.9. The van der Waals surface area contributed by atoms with E-state index in [2.05, 4.69) is 37.9 Å². The number of non-ortho nitro benzene ring substituents is 1. The molecule has 0 bridgehead atoms. The highest BCUT2D eigenvalue weighted by Crippen LogP contribution is 2.35. The van der Waals surface area contributed by atoms with Crippen LogP contribution in [0.25, 0.3) is 16.3 Å². The number of nitro groups is 1. The number of rotatable bonds is 5. The number of hydrogen-bond acceptors (Lipinski definition) is 7. The van der Waals surface area contributed by atoms with Crippen LogP contribution in [0, 0.1) is 10.1 Å². The first-order chi connectivity index (χ1) is 16.6. The summed E-state index contributed by atoms with van der Waals surface area (Å²) in [6.07, 6.45) is 5.77. The molecule has 2 aromatic carbocycles. The Morgan fingerprint density at radius 3 is 2.59 bits per heavy atom. The third kappa shape index (κ3) is 4.57. The molecule has 2 aliphatic rings. The standard InChI is InChI=1S/C25H25N5O3S/c1-28-22-4-2-3-5-23(22)34-25(28)27-26-17-20-9-8-19(24(20)29-12-14-33-15-13-29)16-18-6-10-21(11-7-18)30(31)32/h2-7,10-11,16-17H,8-9,12-15H2,1H3/b19-16+,26-17+,27-25-. The quantitative estimate of drug-likeness (QED) is 0.309. The van der Waals surface area contributed by atoms with E-state index in [1.54, 1.807) is 35.6 Å². The van der Waals surface area contributed by atoms with Crippen LogP contribution in [-0.4, -0.2) is 46.9 Å². The number of para-hydroxylation sites is 1. The van der Waals surface area contributed by atoms with Gasteiger partial charge >= 0.3 is 0 Å². The molecule has 1 aliphatic heterocycles. The van der Waals surface area contributed by atoms with Crippen molar-refractivity contribution < 1.29 is 9.66 Å². The summed E-state index contributed by atoms with van der Waals surface area (Å²) in [4.78, 5) is 13.8. The number of thiazole rings is 1. The average Bonchev–Trinajstić information content (AvgIpc) is 3.40. The Kier molecular flexibility index (Phi) is 6.37. The van der Waals surface area contributed by atoms with Gasteiger partial charge in [-0.2, -0.15) is 5.10 Å². The van der Waals surface area contributed by atoms with Crippen LogP contribution in [0.4, 0.5) is 5.69 Å². The maximum atomic E-state index is 11.0. The predicted molar refractivity (Wildman–Crippen MR) is 135 cm³/mol. The summed E-state index contributed by atoms with van der Waals surface area (Å²) in [5.41, 5.74) is 5.74. The molecule has 9 heteroatoms. The number of morpholine rings is 1. The number of hydrogen-bond donors (Lipinski definition) is 0. The Hall–Kier alpha value is -3.56. The van der Waals surface area contributed by atoms with Crippen molar-refractivity contribution in [1.29, 1.82) is 0 Å². The van der Waals surface area contributed by atoms with E-state index in [0.717, 1.165) is 47.4 Å². The lowest BCUT2D eigenvalue weighted by Crippen LogP contribution is -2.36. The minimum atomic E-state index is -0.375. The summed E-state index contributed by atoms with van der Waals surface area (Å²) in [6.45, 7) is 3.04. The van der Waals surface area contributed by atoms with Crippen LogP contribution in [0.5, 0.6) is 0 Å². The van der Waals surface area contributed by atoms with Gasteiger partial charge in [0.1, 0.15) is 0 Å². The highest BCUT2D eigenvalue weighted by molar-refractivity contribution is 7.16. The molecule has 8 nitrogen and oxygen atoms in total. The van der Waals surface area contributed by atoms with Crippen molar-refractivity contribution in [2.24, 2.45) is 17.3 Å². The second kappa shape index (κ2) is 9.74. The van der Waals surface area contributed by atoms with E-state index in [9.17, 15) is 10.1 Å². The van der Waals surface area contributed by atoms with Gasteiger partial charge in [-0.25, -0.2) is 0 Å². The first-order valence-electron chi connectivity index (χ1n) is 11.2. The number of aromatic nitrogens is 1. The van der Waals surface area contributed by atoms with Gasteiger partial charge in [0.15, 0.2) is 0 Å². The van der Waals surface area contributed by atoms with Crippen molar-refractivity contribution in [2.45, 2.75) is 12.8 Å². The van der Waals surface area contributed by atoms with Gasteiger partial charge in [0, 0.05) is 38.0 Å². The molecule has 0 unspecified atom stereocenters. The molecule has 34 heavy (non-hydrogen) atoms. The summed E-state index contributed by atoms with van der Waals surface area (Å²) >= 11 is 1.62. The minimum absolute atomic E-state index is 0.0985. The second-order valence-corrected chi connectivity index (χ2v) is 9.26. The van der Waals surface area contributed by atoms with Gasteiger partial charge in [-0.1, -0.05) is 23.5 Å². The Balaban J connectivity index is 1.48. The zero-order chi connectivity index (χ0) is 23.5. The number of fused-ring (bicyclic) bond motifs is 1. The van der Waals surface area contributed by atoms with E-state index in [1.165, 1.54) is 16.0 Å². The smallest absolute Gasteiger partial charge is 0.269 e. The van der Waals surface area contributed by atoms with E-state index < -0.39 is 0 Å². The molecule has 0 saturated carbocycles. The molecule has 0 amide bonds. The van der Waals surface area contributed by atoms with Gasteiger partial charge in [-0.3, -0.25) is 10.1 Å². The molecule has 3 aromatic rings. The van der Waals surface area contributed by atoms with E-state index in [1.807, 2.05) is 25.4 Å². The lowest BCUT2D eigenvalue weighted by atomic mass is 10.1. The van der Waals surface area contributed by atoms with E-state index >= 15 is 0 Å². The molecule has 1 aliphatic carbocycles. The maximum Gasteiger partial charge on any atom is 0.269 e. The summed E-state index contributed by atoms with van der Waals surface area (Å²) in [5.74, 6) is 0. The van der Waals surface area contributed by atoms with Gasteiger partial charge < -0.3 is 14.2 Å². The van der Waals surface area contributed by atoms with Crippen LogP contribution >= 0.6 is 11.3 Å². The lowest BCUT2D eigenvalue weighted by molar-refractivity contribution is -0.384. The van der Waals surface area contributed by atoms with Crippen LogP contribution in [0.2, 0.25) is 0 Å². The molecule has 1 fully saturated rings. The summed E-state index contributed by atoms with van der Waals surface area (Å²) in [5, 5.41) is 20.0. The van der Waals surface area contributed by atoms with Crippen molar-refractivity contribution in [3.63, 3.8) is 0 Å². The summed E-state index contributed by atoms with van der Waals surface area (Å²) < 4.78 is 8.80. The minimum Gasteiger partial charge on any atom is -0.378 e. The van der Waals surface area contributed by atoms with Gasteiger partial charge in [0.05, 0.1) is 34.6 Å². The van der Waals surface area contributed by atoms with Crippen LogP contribution in [-0.2, 0) is 11.8 Å². The lowest BCUT2D eigenvalue weighted by Gasteiger charge is -2.31. The number of nitro benzene ring substituents is 1. The third-order valence-corrected chi connectivity index (χ3v) is 7.22. The molecule has 0 radical (unpaired) electrons. The molecule has 2 heterocycles. The molecule has 5 rings (SSSR count). The fourth-order valence-electron chi connectivity index (χ4n) is 4.39. The fraction of sp³-hybridized carbons (Fsp3) is 0.280. The molecule has 1 saturated heterocycles. The normalized spacial score (nSPS) is 18.7. The Morgan fingerprint density at radius 1 is 1.09 bits per heavy atom. The van der Waals surface area contributed by atoms with Crippen molar-refractivity contribution in [3.8, 4) is 0 Å². The highest BCUT2D eigenvalue weighted by Gasteiger charge is 2.25. The molecular weight excluding hydrogens is 450 g/mol. The molecule has 0 spiro atoms. The number of benzene rings is 2. The van der Waals surface area contributed by atoms with E-state index in [4.69, 9.17) is 4.74 Å². The number of aryl methyl sites for hydroxylation is 1. The fourth-order valence-corrected chi connectivity index (χ4v) is 5.37. The van der Waals surface area contributed by atoms with Crippen molar-refractivity contribution in [3.05, 3.63) is 85.9 Å². The van der Waals surface area contributed by atoms with Crippen molar-refractivity contribution in [2.75, 3.05) is 26.3 Å². The maximum absolute atomic E-state index is 11.0. The van der Waals surface area contributed by atoms with Crippen molar-refractivity contribution in [1.82, 2.24) is 9.47 Å². The Labute approximate surface area is 201 Å². The third-order valence-electron chi connectivity index (χ3n) is 6.12. The predicted octanol–water partition coefficient (Wildman–Crippen LogP) is 4.50. The van der Waals surface area contributed by atoms with Crippen molar-refractivity contribution >= 4 is 39.5 Å². The number of ether oxygens (including phenoxy) is 1. The van der Waals surface area contributed by atoms with Gasteiger partial charge in [0.2, 0.25) is 4.80 Å². The number of allylic oxidation sites excluding steroid dienone is 2. The molecule has 0 atom stereocenters. The van der Waals surface area contributed by atoms with E-state index in [-0.39, 0.29) is 10.6 Å². The zero-order valence-corrected chi connectivity index (χ0v) is 19.7. The van der Waals surface area contributed by atoms with Gasteiger partial charge in [0.25, 0.3) is 5.69 Å². The SMILES string of the molecule is Cn1/c(=N/N=C/C2=C(N3CCOCC3)C(=C/c3ccc([N+](=O)[O-])cc3)/CC2)sc2ccccc21. The Bertz CT molecular complexity index is 1380. The van der Waals surface area contributed by atoms with Crippen LogP contribution in [0.3, 0.4) is 0 Å². The van der Waals surface area contributed by atoms with Crippen LogP contribution in [0.15, 0.2) is 75.6 Å². The first-order valence-corrected chi connectivity index (χ1v) is 12.0. The molecule has 1 aromatic heterocycles. The topological polar surface area (TPSA) is 85.3 Å². The largest absolute Gasteiger partial charge is 0.378 e. The van der Waals surface area contributed by atoms with E-state index in [0.29, 0.717) is 13.2 Å². The monoisotopic (exact) mass is 475 g/mol. The van der Waals surface area contributed by atoms with Crippen LogP contribution < -0.4 is 4.80 Å². The van der Waals surface area contributed by atoms with Crippen LogP contribution in [0.1, 0.15) is 18.4 Å². The van der Waals surface area contributed by atoms with Gasteiger partial charge in [-0.15, -0.1) is 5.10 Å². The molecule has 0 N–H and O–H groups in total. The summed E-state index contributed by atoms with van der Waals surface area (Å²) in [7, 11) is 2.01. The second-order valence-electron chi connectivity index (χ2n) is 8.25. The molecule has 174 valence electrons. The number of nitrogens with zero attached hydrogens (tertiary/aromatic N) is 5. The highest BCUT2D eigenvalue weighted by atomic mass is 32.1. The average molecular weight is 476 g/mol. The molecular formula is C25H25N5O3S. The Morgan fingerprint density at radius 2 is 1.85 bits per heavy atom. The first kappa shape index (κ1) is 22.2. The summed E-state index contributed by atoms with van der Waals surface area (Å²) in [6, 6.07) is 14.9.